The second-order valence-electron chi connectivity index (χ2n) is 4.35. The highest BCUT2D eigenvalue weighted by molar-refractivity contribution is 6.30. The Balaban J connectivity index is 2.15. The molecule has 1 fully saturated rings. The summed E-state index contributed by atoms with van der Waals surface area (Å²) in [6.45, 7) is 3.60. The lowest BCUT2D eigenvalue weighted by Gasteiger charge is -2.32. The van der Waals surface area contributed by atoms with Crippen LogP contribution >= 0.6 is 11.6 Å². The molecular weight excluding hydrogens is 226 g/mol. The zero-order valence-corrected chi connectivity index (χ0v) is 9.86. The summed E-state index contributed by atoms with van der Waals surface area (Å²) in [5, 5.41) is 0.686. The van der Waals surface area contributed by atoms with Crippen molar-refractivity contribution in [3.8, 4) is 0 Å². The molecule has 3 nitrogen and oxygen atoms in total. The Bertz CT molecular complexity index is 474. The van der Waals surface area contributed by atoms with E-state index < -0.39 is 0 Å². The van der Waals surface area contributed by atoms with E-state index in [2.05, 4.69) is 0 Å². The molecule has 0 saturated carbocycles. The van der Waals surface area contributed by atoms with Gasteiger partial charge in [0.15, 0.2) is 0 Å². The van der Waals surface area contributed by atoms with E-state index in [1.54, 1.807) is 11.8 Å². The molecule has 1 aromatic carbocycles. The Labute approximate surface area is 98.9 Å². The van der Waals surface area contributed by atoms with Gasteiger partial charge in [-0.2, -0.15) is 0 Å². The molecule has 2 aliphatic heterocycles. The van der Waals surface area contributed by atoms with Crippen LogP contribution in [0.5, 0.6) is 0 Å². The largest absolute Gasteiger partial charge is 0.362 e. The third kappa shape index (κ3) is 1.28. The average Bonchev–Trinajstić information content (AvgIpc) is 2.99. The van der Waals surface area contributed by atoms with Crippen LogP contribution in [-0.2, 0) is 9.53 Å². The first-order chi connectivity index (χ1) is 7.59. The van der Waals surface area contributed by atoms with Crippen LogP contribution in [0.25, 0.3) is 0 Å². The summed E-state index contributed by atoms with van der Waals surface area (Å²) in [7, 11) is 0. The first-order valence-electron chi connectivity index (χ1n) is 5.34. The van der Waals surface area contributed by atoms with Gasteiger partial charge in [0, 0.05) is 17.5 Å². The summed E-state index contributed by atoms with van der Waals surface area (Å²) in [6.07, 6.45) is 0.258. The van der Waals surface area contributed by atoms with Crippen molar-refractivity contribution < 1.29 is 9.53 Å². The Morgan fingerprint density at radius 1 is 1.50 bits per heavy atom. The number of amides is 1. The van der Waals surface area contributed by atoms with E-state index in [0.717, 1.165) is 11.3 Å². The Kier molecular flexibility index (Phi) is 2.03. The number of nitrogens with zero attached hydrogens (tertiary/aromatic N) is 1. The Morgan fingerprint density at radius 2 is 2.25 bits per heavy atom. The third-order valence-electron chi connectivity index (χ3n) is 3.30. The van der Waals surface area contributed by atoms with Crippen LogP contribution in [0, 0.1) is 0 Å². The van der Waals surface area contributed by atoms with Crippen molar-refractivity contribution in [1.29, 1.82) is 0 Å². The van der Waals surface area contributed by atoms with Crippen LogP contribution in [0.2, 0.25) is 5.02 Å². The fraction of sp³-hybridized carbons (Fsp3) is 0.417. The second kappa shape index (κ2) is 3.22. The van der Waals surface area contributed by atoms with E-state index in [0.29, 0.717) is 5.02 Å². The van der Waals surface area contributed by atoms with E-state index in [-0.39, 0.29) is 24.2 Å². The number of carbonyl (C=O) groups excluding carboxylic acids is 1. The lowest BCUT2D eigenvalue weighted by atomic mass is 9.96. The van der Waals surface area contributed by atoms with Gasteiger partial charge in [-0.05, 0) is 25.1 Å². The summed E-state index contributed by atoms with van der Waals surface area (Å²) in [4.78, 5) is 13.4. The molecule has 3 atom stereocenters. The van der Waals surface area contributed by atoms with Crippen LogP contribution in [0.4, 0.5) is 5.69 Å². The quantitative estimate of drug-likeness (QED) is 0.650. The number of ether oxygens (including phenoxy) is 1. The minimum absolute atomic E-state index is 0.0463. The first kappa shape index (κ1) is 10.1. The molecule has 1 amide bonds. The van der Waals surface area contributed by atoms with Gasteiger partial charge >= 0.3 is 0 Å². The van der Waals surface area contributed by atoms with Crippen molar-refractivity contribution in [3.05, 3.63) is 28.8 Å². The molecule has 0 radical (unpaired) electrons. The number of epoxide rings is 1. The fourth-order valence-corrected chi connectivity index (χ4v) is 2.72. The van der Waals surface area contributed by atoms with Crippen LogP contribution in [0.1, 0.15) is 25.5 Å². The summed E-state index contributed by atoms with van der Waals surface area (Å²) in [5.74, 6) is 0.0463. The number of rotatable bonds is 0. The standard InChI is InChI=1S/C12H12ClNO2/c1-6-11-12(16-11)9-5-8(13)3-4-10(9)14(6)7(2)15/h3-6,11-12H,1-2H3/t6-,11-,12+/m1/s1. The van der Waals surface area contributed by atoms with Crippen LogP contribution < -0.4 is 4.90 Å². The number of anilines is 1. The third-order valence-corrected chi connectivity index (χ3v) is 3.54. The first-order valence-corrected chi connectivity index (χ1v) is 5.72. The second-order valence-corrected chi connectivity index (χ2v) is 4.79. The van der Waals surface area contributed by atoms with Gasteiger partial charge in [0.25, 0.3) is 0 Å². The van der Waals surface area contributed by atoms with Crippen molar-refractivity contribution in [1.82, 2.24) is 0 Å². The maximum atomic E-state index is 11.7. The maximum Gasteiger partial charge on any atom is 0.224 e. The highest BCUT2D eigenvalue weighted by Gasteiger charge is 2.52. The molecule has 84 valence electrons. The molecule has 0 aromatic heterocycles. The zero-order chi connectivity index (χ0) is 11.4. The molecule has 1 saturated heterocycles. The van der Waals surface area contributed by atoms with E-state index in [1.165, 1.54) is 0 Å². The number of carbonyl (C=O) groups is 1. The normalized spacial score (nSPS) is 30.7. The molecular formula is C12H12ClNO2. The number of halogens is 1. The Morgan fingerprint density at radius 3 is 2.94 bits per heavy atom. The SMILES string of the molecule is CC(=O)N1c2ccc(Cl)cc2[C@@H]2O[C@@H]2[C@H]1C. The summed E-state index contributed by atoms with van der Waals surface area (Å²) >= 11 is 5.97. The Hall–Kier alpha value is -1.06. The van der Waals surface area contributed by atoms with Crippen molar-refractivity contribution >= 4 is 23.2 Å². The highest BCUT2D eigenvalue weighted by atomic mass is 35.5. The van der Waals surface area contributed by atoms with Gasteiger partial charge in [-0.15, -0.1) is 0 Å². The molecule has 16 heavy (non-hydrogen) atoms. The number of hydrogen-bond acceptors (Lipinski definition) is 2. The fourth-order valence-electron chi connectivity index (χ4n) is 2.54. The maximum absolute atomic E-state index is 11.7. The van der Waals surface area contributed by atoms with E-state index in [4.69, 9.17) is 16.3 Å². The monoisotopic (exact) mass is 237 g/mol. The lowest BCUT2D eigenvalue weighted by Crippen LogP contribution is -2.43. The predicted octanol–water partition coefficient (Wildman–Crippen LogP) is 2.53. The van der Waals surface area contributed by atoms with Crippen molar-refractivity contribution in [2.75, 3.05) is 4.90 Å². The van der Waals surface area contributed by atoms with Crippen LogP contribution in [0.15, 0.2) is 18.2 Å². The minimum Gasteiger partial charge on any atom is -0.362 e. The van der Waals surface area contributed by atoms with Crippen molar-refractivity contribution in [2.45, 2.75) is 32.1 Å². The summed E-state index contributed by atoms with van der Waals surface area (Å²) in [6, 6.07) is 5.71. The van der Waals surface area contributed by atoms with Gasteiger partial charge in [0.2, 0.25) is 5.91 Å². The summed E-state index contributed by atoms with van der Waals surface area (Å²) in [5.41, 5.74) is 1.97. The number of fused-ring (bicyclic) bond motifs is 3. The topological polar surface area (TPSA) is 32.8 Å². The van der Waals surface area contributed by atoms with E-state index >= 15 is 0 Å². The van der Waals surface area contributed by atoms with Crippen molar-refractivity contribution in [3.63, 3.8) is 0 Å². The lowest BCUT2D eigenvalue weighted by molar-refractivity contribution is -0.117. The minimum atomic E-state index is 0.0463. The molecule has 2 aliphatic rings. The predicted molar refractivity (Wildman–Crippen MR) is 61.7 cm³/mol. The van der Waals surface area contributed by atoms with Crippen molar-refractivity contribution in [2.24, 2.45) is 0 Å². The molecule has 0 bridgehead atoms. The van der Waals surface area contributed by atoms with Gasteiger partial charge in [0.05, 0.1) is 11.7 Å². The van der Waals surface area contributed by atoms with E-state index in [1.807, 2.05) is 25.1 Å². The van der Waals surface area contributed by atoms with Gasteiger partial charge < -0.3 is 9.64 Å². The van der Waals surface area contributed by atoms with E-state index in [9.17, 15) is 4.79 Å². The molecule has 3 rings (SSSR count). The summed E-state index contributed by atoms with van der Waals surface area (Å²) < 4.78 is 5.60. The van der Waals surface area contributed by atoms with Gasteiger partial charge in [-0.3, -0.25) is 4.79 Å². The van der Waals surface area contributed by atoms with Gasteiger partial charge in [-0.25, -0.2) is 0 Å². The van der Waals surface area contributed by atoms with Crippen LogP contribution in [0.3, 0.4) is 0 Å². The molecule has 2 heterocycles. The molecule has 4 heteroatoms. The number of hydrogen-bond donors (Lipinski definition) is 0. The molecule has 0 N–H and O–H groups in total. The molecule has 1 aromatic rings. The molecule has 0 spiro atoms. The molecule has 0 unspecified atom stereocenters. The zero-order valence-electron chi connectivity index (χ0n) is 9.11. The smallest absolute Gasteiger partial charge is 0.224 e. The number of benzene rings is 1. The van der Waals surface area contributed by atoms with Crippen LogP contribution in [-0.4, -0.2) is 18.1 Å². The molecule has 0 aliphatic carbocycles. The van der Waals surface area contributed by atoms with Gasteiger partial charge in [0.1, 0.15) is 12.2 Å². The average molecular weight is 238 g/mol. The van der Waals surface area contributed by atoms with Gasteiger partial charge in [-0.1, -0.05) is 11.6 Å². The highest BCUT2D eigenvalue weighted by Crippen LogP contribution is 2.51.